The highest BCUT2D eigenvalue weighted by Gasteiger charge is 2.21. The van der Waals surface area contributed by atoms with Crippen molar-refractivity contribution >= 4 is 0 Å². The first kappa shape index (κ1) is 17.7. The molecular formula is C17H34O. The van der Waals surface area contributed by atoms with E-state index in [4.69, 9.17) is 4.74 Å². The Balaban J connectivity index is 3.78. The first-order valence-electron chi connectivity index (χ1n) is 7.52. The van der Waals surface area contributed by atoms with Crippen LogP contribution in [0.25, 0.3) is 0 Å². The molecule has 0 spiro atoms. The SMILES string of the molecule is C=CCOCCC(C)(C)CCCC(C)(C)CCC. The third-order valence-electron chi connectivity index (χ3n) is 3.79. The van der Waals surface area contributed by atoms with Crippen LogP contribution in [0.3, 0.4) is 0 Å². The van der Waals surface area contributed by atoms with Crippen molar-refractivity contribution in [3.8, 4) is 0 Å². The van der Waals surface area contributed by atoms with Crippen LogP contribution in [-0.4, -0.2) is 13.2 Å². The molecule has 1 nitrogen and oxygen atoms in total. The number of hydrogen-bond donors (Lipinski definition) is 0. The summed E-state index contributed by atoms with van der Waals surface area (Å²) in [6.07, 6.45) is 9.59. The Morgan fingerprint density at radius 2 is 1.50 bits per heavy atom. The van der Waals surface area contributed by atoms with E-state index in [0.29, 0.717) is 17.4 Å². The standard InChI is InChI=1S/C17H34O/c1-7-10-16(3,4)11-9-12-17(5,6)13-15-18-14-8-2/h8H,2,7,9-15H2,1,3-6H3. The minimum absolute atomic E-state index is 0.406. The van der Waals surface area contributed by atoms with Gasteiger partial charge >= 0.3 is 0 Å². The molecule has 0 amide bonds. The van der Waals surface area contributed by atoms with Crippen molar-refractivity contribution in [3.63, 3.8) is 0 Å². The van der Waals surface area contributed by atoms with Gasteiger partial charge in [-0.05, 0) is 36.5 Å². The molecule has 0 bridgehead atoms. The predicted molar refractivity (Wildman–Crippen MR) is 82.0 cm³/mol. The van der Waals surface area contributed by atoms with Crippen LogP contribution in [0.15, 0.2) is 12.7 Å². The summed E-state index contributed by atoms with van der Waals surface area (Å²) in [5.41, 5.74) is 0.924. The van der Waals surface area contributed by atoms with Gasteiger partial charge in [0.2, 0.25) is 0 Å². The fraction of sp³-hybridized carbons (Fsp3) is 0.882. The molecule has 0 aliphatic heterocycles. The van der Waals surface area contributed by atoms with E-state index in [2.05, 4.69) is 41.2 Å². The summed E-state index contributed by atoms with van der Waals surface area (Å²) in [5.74, 6) is 0. The summed E-state index contributed by atoms with van der Waals surface area (Å²) in [6.45, 7) is 17.0. The van der Waals surface area contributed by atoms with Gasteiger partial charge in [0.05, 0.1) is 6.61 Å². The first-order chi connectivity index (χ1) is 8.33. The lowest BCUT2D eigenvalue weighted by atomic mass is 9.78. The number of hydrogen-bond acceptors (Lipinski definition) is 1. The highest BCUT2D eigenvalue weighted by molar-refractivity contribution is 4.73. The van der Waals surface area contributed by atoms with Gasteiger partial charge in [0.15, 0.2) is 0 Å². The van der Waals surface area contributed by atoms with Crippen LogP contribution < -0.4 is 0 Å². The van der Waals surface area contributed by atoms with Crippen LogP contribution in [0.5, 0.6) is 0 Å². The average Bonchev–Trinajstić information content (AvgIpc) is 2.23. The second-order valence-corrected chi connectivity index (χ2v) is 7.05. The normalized spacial score (nSPS) is 12.7. The molecular weight excluding hydrogens is 220 g/mol. The van der Waals surface area contributed by atoms with Gasteiger partial charge in [0.25, 0.3) is 0 Å². The van der Waals surface area contributed by atoms with E-state index < -0.39 is 0 Å². The van der Waals surface area contributed by atoms with E-state index in [-0.39, 0.29) is 0 Å². The molecule has 0 saturated carbocycles. The highest BCUT2D eigenvalue weighted by Crippen LogP contribution is 2.33. The average molecular weight is 254 g/mol. The van der Waals surface area contributed by atoms with Gasteiger partial charge in [-0.15, -0.1) is 6.58 Å². The summed E-state index contributed by atoms with van der Waals surface area (Å²) < 4.78 is 5.49. The monoisotopic (exact) mass is 254 g/mol. The van der Waals surface area contributed by atoms with Crippen LogP contribution in [0.1, 0.15) is 73.1 Å². The van der Waals surface area contributed by atoms with Crippen LogP contribution in [-0.2, 0) is 4.74 Å². The Kier molecular flexibility index (Phi) is 8.60. The van der Waals surface area contributed by atoms with Crippen LogP contribution in [0, 0.1) is 10.8 Å². The van der Waals surface area contributed by atoms with E-state index in [1.54, 1.807) is 0 Å². The maximum Gasteiger partial charge on any atom is 0.0644 e. The van der Waals surface area contributed by atoms with Crippen LogP contribution >= 0.6 is 0 Å². The zero-order valence-corrected chi connectivity index (χ0v) is 13.3. The third-order valence-corrected chi connectivity index (χ3v) is 3.79. The molecule has 0 heterocycles. The molecule has 0 saturated heterocycles. The summed E-state index contributed by atoms with van der Waals surface area (Å²) in [5, 5.41) is 0. The van der Waals surface area contributed by atoms with Crippen LogP contribution in [0.4, 0.5) is 0 Å². The zero-order valence-electron chi connectivity index (χ0n) is 13.3. The Morgan fingerprint density at radius 3 is 2.00 bits per heavy atom. The molecule has 0 radical (unpaired) electrons. The second-order valence-electron chi connectivity index (χ2n) is 7.05. The quantitative estimate of drug-likeness (QED) is 0.344. The van der Waals surface area contributed by atoms with Crippen molar-refractivity contribution in [2.75, 3.05) is 13.2 Å². The summed E-state index contributed by atoms with van der Waals surface area (Å²) >= 11 is 0. The molecule has 0 fully saturated rings. The van der Waals surface area contributed by atoms with Gasteiger partial charge in [-0.25, -0.2) is 0 Å². The molecule has 18 heavy (non-hydrogen) atoms. The van der Waals surface area contributed by atoms with Crippen molar-refractivity contribution in [2.24, 2.45) is 10.8 Å². The lowest BCUT2D eigenvalue weighted by Crippen LogP contribution is -2.17. The minimum Gasteiger partial charge on any atom is -0.377 e. The minimum atomic E-state index is 0.406. The molecule has 0 aromatic heterocycles. The lowest BCUT2D eigenvalue weighted by molar-refractivity contribution is 0.119. The molecule has 108 valence electrons. The Labute approximate surface area is 115 Å². The molecule has 0 aliphatic carbocycles. The Morgan fingerprint density at radius 1 is 0.944 bits per heavy atom. The third kappa shape index (κ3) is 9.70. The first-order valence-corrected chi connectivity index (χ1v) is 7.52. The maximum atomic E-state index is 5.49. The Bertz CT molecular complexity index is 216. The van der Waals surface area contributed by atoms with Gasteiger partial charge < -0.3 is 4.74 Å². The summed E-state index contributed by atoms with van der Waals surface area (Å²) in [7, 11) is 0. The highest BCUT2D eigenvalue weighted by atomic mass is 16.5. The molecule has 0 N–H and O–H groups in total. The number of ether oxygens (including phenoxy) is 1. The lowest BCUT2D eigenvalue weighted by Gasteiger charge is -2.28. The van der Waals surface area contributed by atoms with Crippen LogP contribution in [0.2, 0.25) is 0 Å². The van der Waals surface area contributed by atoms with Gasteiger partial charge in [-0.1, -0.05) is 53.5 Å². The molecule has 0 atom stereocenters. The fourth-order valence-corrected chi connectivity index (χ4v) is 2.49. The number of rotatable bonds is 11. The smallest absolute Gasteiger partial charge is 0.0644 e. The van der Waals surface area contributed by atoms with E-state index in [1.165, 1.54) is 32.1 Å². The predicted octanol–water partition coefficient (Wildman–Crippen LogP) is 5.60. The molecule has 0 unspecified atom stereocenters. The molecule has 0 aromatic carbocycles. The fourth-order valence-electron chi connectivity index (χ4n) is 2.49. The van der Waals surface area contributed by atoms with Crippen molar-refractivity contribution in [1.82, 2.24) is 0 Å². The van der Waals surface area contributed by atoms with Gasteiger partial charge in [0, 0.05) is 6.61 Å². The second kappa shape index (κ2) is 8.74. The van der Waals surface area contributed by atoms with Gasteiger partial charge in [-0.2, -0.15) is 0 Å². The van der Waals surface area contributed by atoms with E-state index in [0.717, 1.165) is 13.0 Å². The molecule has 0 aliphatic rings. The van der Waals surface area contributed by atoms with E-state index in [9.17, 15) is 0 Å². The largest absolute Gasteiger partial charge is 0.377 e. The zero-order chi connectivity index (χ0) is 14.1. The van der Waals surface area contributed by atoms with Crippen molar-refractivity contribution in [2.45, 2.75) is 73.1 Å². The molecule has 0 rings (SSSR count). The Hall–Kier alpha value is -0.300. The summed E-state index contributed by atoms with van der Waals surface area (Å²) in [4.78, 5) is 0. The maximum absolute atomic E-state index is 5.49. The van der Waals surface area contributed by atoms with E-state index in [1.807, 2.05) is 6.08 Å². The van der Waals surface area contributed by atoms with Crippen molar-refractivity contribution in [3.05, 3.63) is 12.7 Å². The van der Waals surface area contributed by atoms with E-state index >= 15 is 0 Å². The van der Waals surface area contributed by atoms with Gasteiger partial charge in [-0.3, -0.25) is 0 Å². The van der Waals surface area contributed by atoms with Gasteiger partial charge in [0.1, 0.15) is 0 Å². The van der Waals surface area contributed by atoms with Crippen molar-refractivity contribution < 1.29 is 4.74 Å². The molecule has 1 heteroatoms. The molecule has 0 aromatic rings. The topological polar surface area (TPSA) is 9.23 Å². The van der Waals surface area contributed by atoms with Crippen molar-refractivity contribution in [1.29, 1.82) is 0 Å². The summed E-state index contributed by atoms with van der Waals surface area (Å²) in [6, 6.07) is 0.